The van der Waals surface area contributed by atoms with E-state index in [9.17, 15) is 9.50 Å². The first-order valence-electron chi connectivity index (χ1n) is 7.74. The number of benzene rings is 1. The zero-order chi connectivity index (χ0) is 15.2. The van der Waals surface area contributed by atoms with Crippen molar-refractivity contribution in [3.05, 3.63) is 30.1 Å². The predicted octanol–water partition coefficient (Wildman–Crippen LogP) is -1.24. The molecule has 5 heteroatoms. The SMILES string of the molecule is C[NH+]1CCC([NH+](C)C[C@H](O)COc2ccc(F)cc2)CC1. The Morgan fingerprint density at radius 3 is 2.57 bits per heavy atom. The van der Waals surface area contributed by atoms with Crippen LogP contribution in [-0.4, -0.2) is 57.6 Å². The van der Waals surface area contributed by atoms with Crippen LogP contribution in [0.2, 0.25) is 0 Å². The van der Waals surface area contributed by atoms with E-state index in [1.54, 1.807) is 17.0 Å². The molecular formula is C16H27FN2O2+2. The van der Waals surface area contributed by atoms with Crippen LogP contribution in [0.1, 0.15) is 12.8 Å². The van der Waals surface area contributed by atoms with Gasteiger partial charge in [-0.15, -0.1) is 0 Å². The van der Waals surface area contributed by atoms with E-state index in [4.69, 9.17) is 4.74 Å². The first-order valence-corrected chi connectivity index (χ1v) is 7.74. The molecule has 1 saturated heterocycles. The number of ether oxygens (including phenoxy) is 1. The quantitative estimate of drug-likeness (QED) is 0.614. The minimum atomic E-state index is -0.498. The summed E-state index contributed by atoms with van der Waals surface area (Å²) in [6.45, 7) is 3.36. The van der Waals surface area contributed by atoms with Crippen molar-refractivity contribution in [1.82, 2.24) is 0 Å². The molecule has 21 heavy (non-hydrogen) atoms. The second-order valence-electron chi connectivity index (χ2n) is 6.20. The maximum atomic E-state index is 12.8. The van der Waals surface area contributed by atoms with Crippen LogP contribution in [0.5, 0.6) is 5.75 Å². The van der Waals surface area contributed by atoms with Crippen molar-refractivity contribution in [3.8, 4) is 5.75 Å². The lowest BCUT2D eigenvalue weighted by atomic mass is 10.0. The molecule has 2 rings (SSSR count). The van der Waals surface area contributed by atoms with E-state index in [0.29, 0.717) is 18.3 Å². The summed E-state index contributed by atoms with van der Waals surface area (Å²) in [7, 11) is 4.38. The second kappa shape index (κ2) is 7.73. The van der Waals surface area contributed by atoms with Gasteiger partial charge >= 0.3 is 0 Å². The third-order valence-corrected chi connectivity index (χ3v) is 4.35. The molecule has 1 aliphatic rings. The van der Waals surface area contributed by atoms with Gasteiger partial charge in [0.15, 0.2) is 0 Å². The maximum Gasteiger partial charge on any atom is 0.137 e. The van der Waals surface area contributed by atoms with Gasteiger partial charge in [-0.05, 0) is 24.3 Å². The van der Waals surface area contributed by atoms with Gasteiger partial charge in [-0.3, -0.25) is 0 Å². The number of quaternary nitrogens is 2. The Bertz CT molecular complexity index is 419. The van der Waals surface area contributed by atoms with E-state index in [2.05, 4.69) is 14.1 Å². The van der Waals surface area contributed by atoms with E-state index in [1.165, 1.54) is 43.0 Å². The van der Waals surface area contributed by atoms with Crippen LogP contribution < -0.4 is 14.5 Å². The summed E-state index contributed by atoms with van der Waals surface area (Å²) in [5.74, 6) is 0.312. The lowest BCUT2D eigenvalue weighted by molar-refractivity contribution is -0.941. The summed E-state index contributed by atoms with van der Waals surface area (Å²) in [4.78, 5) is 2.97. The molecule has 0 aliphatic carbocycles. The minimum absolute atomic E-state index is 0.251. The number of aliphatic hydroxyl groups is 1. The summed E-state index contributed by atoms with van der Waals surface area (Å²) in [6.07, 6.45) is 1.92. The van der Waals surface area contributed by atoms with E-state index < -0.39 is 6.10 Å². The third kappa shape index (κ3) is 5.26. The molecule has 0 bridgehead atoms. The molecule has 118 valence electrons. The van der Waals surface area contributed by atoms with Gasteiger partial charge in [-0.2, -0.15) is 0 Å². The molecule has 1 heterocycles. The van der Waals surface area contributed by atoms with Crippen LogP contribution in [-0.2, 0) is 0 Å². The first kappa shape index (κ1) is 16.2. The number of piperidine rings is 1. The van der Waals surface area contributed by atoms with E-state index in [0.717, 1.165) is 0 Å². The third-order valence-electron chi connectivity index (χ3n) is 4.35. The summed E-state index contributed by atoms with van der Waals surface area (Å²) in [5.41, 5.74) is 0. The van der Waals surface area contributed by atoms with Gasteiger partial charge in [-0.1, -0.05) is 0 Å². The highest BCUT2D eigenvalue weighted by Crippen LogP contribution is 2.11. The smallest absolute Gasteiger partial charge is 0.137 e. The van der Waals surface area contributed by atoms with Crippen LogP contribution >= 0.6 is 0 Å². The molecule has 1 unspecified atom stereocenters. The normalized spacial score (nSPS) is 25.3. The molecule has 1 aromatic rings. The molecule has 0 radical (unpaired) electrons. The first-order chi connectivity index (χ1) is 10.0. The zero-order valence-electron chi connectivity index (χ0n) is 12.9. The van der Waals surface area contributed by atoms with Crippen molar-refractivity contribution in [2.24, 2.45) is 0 Å². The van der Waals surface area contributed by atoms with Gasteiger partial charge in [0.2, 0.25) is 0 Å². The van der Waals surface area contributed by atoms with Crippen LogP contribution in [0.15, 0.2) is 24.3 Å². The average molecular weight is 298 g/mol. The zero-order valence-corrected chi connectivity index (χ0v) is 12.9. The number of nitrogens with one attached hydrogen (secondary N) is 2. The number of rotatable bonds is 6. The molecule has 1 aliphatic heterocycles. The Hall–Kier alpha value is -1.17. The van der Waals surface area contributed by atoms with Gasteiger partial charge in [0.25, 0.3) is 0 Å². The fourth-order valence-electron chi connectivity index (χ4n) is 2.92. The summed E-state index contributed by atoms with van der Waals surface area (Å²) >= 11 is 0. The number of aliphatic hydroxyl groups excluding tert-OH is 1. The van der Waals surface area contributed by atoms with Gasteiger partial charge in [0, 0.05) is 12.8 Å². The molecule has 2 atom stereocenters. The number of likely N-dealkylation sites (tertiary alicyclic amines) is 1. The monoisotopic (exact) mass is 298 g/mol. The number of halogens is 1. The number of likely N-dealkylation sites (N-methyl/N-ethyl adjacent to an activating group) is 1. The van der Waals surface area contributed by atoms with Crippen LogP contribution in [0.3, 0.4) is 0 Å². The van der Waals surface area contributed by atoms with E-state index >= 15 is 0 Å². The Labute approximate surface area is 126 Å². The van der Waals surface area contributed by atoms with Crippen molar-refractivity contribution in [2.75, 3.05) is 40.3 Å². The molecule has 0 spiro atoms. The molecule has 0 aromatic heterocycles. The molecule has 0 saturated carbocycles. The predicted molar refractivity (Wildman–Crippen MR) is 79.3 cm³/mol. The molecule has 0 amide bonds. The molecule has 4 nitrogen and oxygen atoms in total. The molecule has 1 aromatic carbocycles. The fraction of sp³-hybridized carbons (Fsp3) is 0.625. The average Bonchev–Trinajstić information content (AvgIpc) is 2.47. The second-order valence-corrected chi connectivity index (χ2v) is 6.20. The van der Waals surface area contributed by atoms with Crippen molar-refractivity contribution in [2.45, 2.75) is 25.0 Å². The van der Waals surface area contributed by atoms with Crippen LogP contribution in [0.4, 0.5) is 4.39 Å². The number of hydrogen-bond donors (Lipinski definition) is 3. The minimum Gasteiger partial charge on any atom is -0.491 e. The Morgan fingerprint density at radius 1 is 1.33 bits per heavy atom. The van der Waals surface area contributed by atoms with E-state index in [-0.39, 0.29) is 12.4 Å². The van der Waals surface area contributed by atoms with E-state index in [1.807, 2.05) is 0 Å². The van der Waals surface area contributed by atoms with Crippen LogP contribution in [0.25, 0.3) is 0 Å². The summed E-state index contributed by atoms with van der Waals surface area (Å²) < 4.78 is 18.3. The highest BCUT2D eigenvalue weighted by molar-refractivity contribution is 5.22. The van der Waals surface area contributed by atoms with Crippen molar-refractivity contribution < 1.29 is 24.0 Å². The Morgan fingerprint density at radius 2 is 1.95 bits per heavy atom. The largest absolute Gasteiger partial charge is 0.491 e. The summed E-state index contributed by atoms with van der Waals surface area (Å²) in [6, 6.07) is 6.52. The Balaban J connectivity index is 1.71. The lowest BCUT2D eigenvalue weighted by Crippen LogP contribution is -3.18. The van der Waals surface area contributed by atoms with Gasteiger partial charge in [0.1, 0.15) is 30.8 Å². The molecular weight excluding hydrogens is 271 g/mol. The highest BCUT2D eigenvalue weighted by Gasteiger charge is 2.27. The topological polar surface area (TPSA) is 38.3 Å². The lowest BCUT2D eigenvalue weighted by Gasteiger charge is -2.31. The molecule has 1 fully saturated rings. The van der Waals surface area contributed by atoms with Crippen LogP contribution in [0, 0.1) is 5.82 Å². The van der Waals surface area contributed by atoms with Crippen molar-refractivity contribution >= 4 is 0 Å². The highest BCUT2D eigenvalue weighted by atomic mass is 19.1. The van der Waals surface area contributed by atoms with Crippen molar-refractivity contribution in [3.63, 3.8) is 0 Å². The fourth-order valence-corrected chi connectivity index (χ4v) is 2.92. The maximum absolute atomic E-state index is 12.8. The van der Waals surface area contributed by atoms with Gasteiger partial charge in [0.05, 0.1) is 33.2 Å². The van der Waals surface area contributed by atoms with Gasteiger partial charge < -0.3 is 19.6 Å². The number of hydrogen-bond acceptors (Lipinski definition) is 2. The Kier molecular flexibility index (Phi) is 5.96. The summed E-state index contributed by atoms with van der Waals surface area (Å²) in [5, 5.41) is 10.1. The molecule has 3 N–H and O–H groups in total. The standard InChI is InChI=1S/C16H25FN2O2/c1-18-9-7-14(8-10-18)19(2)11-15(20)12-21-16-5-3-13(17)4-6-16/h3-6,14-15,20H,7-12H2,1-2H3/p+2/t15-/m0/s1. The van der Waals surface area contributed by atoms with Gasteiger partial charge in [-0.25, -0.2) is 4.39 Å². The van der Waals surface area contributed by atoms with Crippen molar-refractivity contribution in [1.29, 1.82) is 0 Å².